The fraction of sp³-hybridized carbons (Fsp3) is 0.188. The molecule has 4 amide bonds. The summed E-state index contributed by atoms with van der Waals surface area (Å²) >= 11 is 0. The Labute approximate surface area is 142 Å². The molecule has 128 valence electrons. The predicted molar refractivity (Wildman–Crippen MR) is 88.1 cm³/mol. The number of aromatic nitrogens is 2. The smallest absolute Gasteiger partial charge is 0.329 e. The summed E-state index contributed by atoms with van der Waals surface area (Å²) in [7, 11) is 0. The number of nitrogens with zero attached hydrogens (tertiary/aromatic N) is 2. The summed E-state index contributed by atoms with van der Waals surface area (Å²) in [5.41, 5.74) is 1.08. The maximum absolute atomic E-state index is 12.2. The van der Waals surface area contributed by atoms with Crippen LogP contribution in [0, 0.1) is 6.92 Å². The van der Waals surface area contributed by atoms with Crippen molar-refractivity contribution in [3.8, 4) is 0 Å². The molecule has 3 N–H and O–H groups in total. The van der Waals surface area contributed by atoms with Crippen molar-refractivity contribution >= 4 is 23.5 Å². The SMILES string of the molecule is Cc1nc(CNC(=O)c2ccc(N3CC(=O)NC3=O)cc2)cc(=O)[nH]1. The Balaban J connectivity index is 1.65. The third-order valence-electron chi connectivity index (χ3n) is 3.58. The molecule has 0 saturated carbocycles. The highest BCUT2D eigenvalue weighted by atomic mass is 16.2. The van der Waals surface area contributed by atoms with Crippen LogP contribution in [0.5, 0.6) is 0 Å². The van der Waals surface area contributed by atoms with Gasteiger partial charge in [0.05, 0.1) is 12.2 Å². The highest BCUT2D eigenvalue weighted by Gasteiger charge is 2.27. The summed E-state index contributed by atoms with van der Waals surface area (Å²) in [5.74, 6) is -0.236. The molecule has 9 nitrogen and oxygen atoms in total. The molecule has 1 aliphatic heterocycles. The van der Waals surface area contributed by atoms with Gasteiger partial charge in [-0.3, -0.25) is 24.6 Å². The zero-order valence-electron chi connectivity index (χ0n) is 13.3. The monoisotopic (exact) mass is 341 g/mol. The second-order valence-electron chi connectivity index (χ2n) is 5.49. The van der Waals surface area contributed by atoms with E-state index in [2.05, 4.69) is 20.6 Å². The molecule has 1 aromatic carbocycles. The van der Waals surface area contributed by atoms with Gasteiger partial charge in [-0.2, -0.15) is 0 Å². The molecule has 1 aromatic heterocycles. The summed E-state index contributed by atoms with van der Waals surface area (Å²) < 4.78 is 0. The van der Waals surface area contributed by atoms with Crippen molar-refractivity contribution in [3.05, 3.63) is 57.8 Å². The Kier molecular flexibility index (Phi) is 4.29. The topological polar surface area (TPSA) is 124 Å². The molecular weight excluding hydrogens is 326 g/mol. The molecule has 0 radical (unpaired) electrons. The average Bonchev–Trinajstić information content (AvgIpc) is 2.90. The van der Waals surface area contributed by atoms with E-state index in [4.69, 9.17) is 0 Å². The maximum Gasteiger partial charge on any atom is 0.329 e. The molecular formula is C16H15N5O4. The molecule has 2 heterocycles. The average molecular weight is 341 g/mol. The highest BCUT2D eigenvalue weighted by molar-refractivity contribution is 6.12. The van der Waals surface area contributed by atoms with E-state index in [1.54, 1.807) is 31.2 Å². The van der Waals surface area contributed by atoms with E-state index in [0.717, 1.165) is 0 Å². The molecule has 1 aliphatic rings. The van der Waals surface area contributed by atoms with Gasteiger partial charge in [-0.15, -0.1) is 0 Å². The van der Waals surface area contributed by atoms with E-state index in [1.807, 2.05) is 0 Å². The number of rotatable bonds is 4. The first-order valence-electron chi connectivity index (χ1n) is 7.49. The van der Waals surface area contributed by atoms with Gasteiger partial charge in [-0.1, -0.05) is 0 Å². The third-order valence-corrected chi connectivity index (χ3v) is 3.58. The molecule has 9 heteroatoms. The van der Waals surface area contributed by atoms with E-state index in [0.29, 0.717) is 22.8 Å². The van der Waals surface area contributed by atoms with Crippen LogP contribution in [0.3, 0.4) is 0 Å². The zero-order chi connectivity index (χ0) is 18.0. The number of benzene rings is 1. The van der Waals surface area contributed by atoms with E-state index >= 15 is 0 Å². The van der Waals surface area contributed by atoms with E-state index in [-0.39, 0.29) is 30.5 Å². The van der Waals surface area contributed by atoms with Crippen LogP contribution >= 0.6 is 0 Å². The number of urea groups is 1. The van der Waals surface area contributed by atoms with Crippen LogP contribution in [0.2, 0.25) is 0 Å². The number of nitrogens with one attached hydrogen (secondary N) is 3. The fourth-order valence-electron chi connectivity index (χ4n) is 2.45. The number of hydrogen-bond donors (Lipinski definition) is 3. The molecule has 0 atom stereocenters. The van der Waals surface area contributed by atoms with Crippen LogP contribution in [0.4, 0.5) is 10.5 Å². The summed E-state index contributed by atoms with van der Waals surface area (Å²) in [6.07, 6.45) is 0. The maximum atomic E-state index is 12.2. The van der Waals surface area contributed by atoms with Gasteiger partial charge in [0.1, 0.15) is 12.4 Å². The number of imide groups is 1. The van der Waals surface area contributed by atoms with Crippen LogP contribution in [-0.2, 0) is 11.3 Å². The van der Waals surface area contributed by atoms with Crippen LogP contribution in [-0.4, -0.2) is 34.4 Å². The number of H-pyrrole nitrogens is 1. The normalized spacial score (nSPS) is 13.7. The van der Waals surface area contributed by atoms with Crippen LogP contribution in [0.25, 0.3) is 0 Å². The van der Waals surface area contributed by atoms with Crippen LogP contribution < -0.4 is 21.1 Å². The molecule has 1 fully saturated rings. The molecule has 25 heavy (non-hydrogen) atoms. The van der Waals surface area contributed by atoms with Gasteiger partial charge >= 0.3 is 6.03 Å². The Morgan fingerprint density at radius 3 is 2.56 bits per heavy atom. The van der Waals surface area contributed by atoms with Gasteiger partial charge < -0.3 is 10.3 Å². The van der Waals surface area contributed by atoms with E-state index < -0.39 is 6.03 Å². The molecule has 0 aliphatic carbocycles. The van der Waals surface area contributed by atoms with E-state index in [9.17, 15) is 19.2 Å². The third kappa shape index (κ3) is 3.71. The minimum Gasteiger partial charge on any atom is -0.346 e. The first kappa shape index (κ1) is 16.4. The molecule has 3 rings (SSSR count). The minimum atomic E-state index is -0.488. The van der Waals surface area contributed by atoms with Crippen LogP contribution in [0.15, 0.2) is 35.1 Å². The first-order chi connectivity index (χ1) is 11.9. The number of aryl methyl sites for hydroxylation is 1. The highest BCUT2D eigenvalue weighted by Crippen LogP contribution is 2.17. The quantitative estimate of drug-likeness (QED) is 0.679. The number of aromatic amines is 1. The summed E-state index contributed by atoms with van der Waals surface area (Å²) in [6, 6.07) is 7.11. The number of anilines is 1. The van der Waals surface area contributed by atoms with Gasteiger partial charge in [-0.25, -0.2) is 9.78 Å². The number of carbonyl (C=O) groups excluding carboxylic acids is 3. The Bertz CT molecular complexity index is 903. The van der Waals surface area contributed by atoms with Crippen molar-refractivity contribution in [2.24, 2.45) is 0 Å². The predicted octanol–water partition coefficient (Wildman–Crippen LogP) is 0.0645. The Morgan fingerprint density at radius 2 is 1.96 bits per heavy atom. The minimum absolute atomic E-state index is 0.0437. The van der Waals surface area contributed by atoms with Gasteiger partial charge in [0, 0.05) is 17.3 Å². The zero-order valence-corrected chi connectivity index (χ0v) is 13.3. The second kappa shape index (κ2) is 6.56. The Morgan fingerprint density at radius 1 is 1.24 bits per heavy atom. The molecule has 0 unspecified atom stereocenters. The summed E-state index contributed by atoms with van der Waals surface area (Å²) in [5, 5.41) is 4.86. The van der Waals surface area contributed by atoms with Crippen LogP contribution in [0.1, 0.15) is 21.9 Å². The number of amides is 4. The van der Waals surface area contributed by atoms with Gasteiger partial charge in [0.2, 0.25) is 5.91 Å². The number of carbonyl (C=O) groups is 3. The van der Waals surface area contributed by atoms with Gasteiger partial charge in [-0.05, 0) is 31.2 Å². The van der Waals surface area contributed by atoms with Crippen molar-refractivity contribution in [1.29, 1.82) is 0 Å². The van der Waals surface area contributed by atoms with Crippen molar-refractivity contribution in [2.45, 2.75) is 13.5 Å². The largest absolute Gasteiger partial charge is 0.346 e. The van der Waals surface area contributed by atoms with Crippen molar-refractivity contribution in [3.63, 3.8) is 0 Å². The number of hydrogen-bond acceptors (Lipinski definition) is 5. The van der Waals surface area contributed by atoms with Crippen molar-refractivity contribution in [2.75, 3.05) is 11.4 Å². The summed E-state index contributed by atoms with van der Waals surface area (Å²) in [4.78, 5) is 54.3. The standard InChI is InChI=1S/C16H15N5O4/c1-9-18-11(6-13(22)19-9)7-17-15(24)10-2-4-12(5-3-10)21-8-14(23)20-16(21)25/h2-6H,7-8H2,1H3,(H,17,24)(H,18,19,22)(H,20,23,25). The van der Waals surface area contributed by atoms with Gasteiger partial charge in [0.25, 0.3) is 11.5 Å². The first-order valence-corrected chi connectivity index (χ1v) is 7.49. The molecule has 0 spiro atoms. The lowest BCUT2D eigenvalue weighted by Crippen LogP contribution is -2.28. The summed E-state index contributed by atoms with van der Waals surface area (Å²) in [6.45, 7) is 1.73. The van der Waals surface area contributed by atoms with Gasteiger partial charge in [0.15, 0.2) is 0 Å². The molecule has 2 aromatic rings. The van der Waals surface area contributed by atoms with Crippen molar-refractivity contribution in [1.82, 2.24) is 20.6 Å². The van der Waals surface area contributed by atoms with Crippen molar-refractivity contribution < 1.29 is 14.4 Å². The lowest BCUT2D eigenvalue weighted by atomic mass is 10.2. The van der Waals surface area contributed by atoms with E-state index in [1.165, 1.54) is 11.0 Å². The lowest BCUT2D eigenvalue weighted by Gasteiger charge is -2.13. The molecule has 0 bridgehead atoms. The lowest BCUT2D eigenvalue weighted by molar-refractivity contribution is -0.117. The molecule has 1 saturated heterocycles. The fourth-order valence-corrected chi connectivity index (χ4v) is 2.45. The Hall–Kier alpha value is -3.49. The second-order valence-corrected chi connectivity index (χ2v) is 5.49.